The molecular formula is C20H24N2O3S. The van der Waals surface area contributed by atoms with Crippen LogP contribution < -0.4 is 5.32 Å². The maximum Gasteiger partial charge on any atom is 0.291 e. The van der Waals surface area contributed by atoms with Crippen LogP contribution in [0.5, 0.6) is 0 Å². The van der Waals surface area contributed by atoms with Gasteiger partial charge >= 0.3 is 0 Å². The third-order valence-electron chi connectivity index (χ3n) is 5.35. The first-order chi connectivity index (χ1) is 12.6. The highest BCUT2D eigenvalue weighted by molar-refractivity contribution is 7.18. The number of hydrogen-bond donors (Lipinski definition) is 1. The van der Waals surface area contributed by atoms with Crippen LogP contribution in [0.2, 0.25) is 0 Å². The molecule has 2 amide bonds. The lowest BCUT2D eigenvalue weighted by atomic mass is 9.86. The van der Waals surface area contributed by atoms with Crippen LogP contribution in [0.4, 0.5) is 5.00 Å². The van der Waals surface area contributed by atoms with Crippen molar-refractivity contribution in [2.45, 2.75) is 57.5 Å². The second kappa shape index (κ2) is 7.27. The van der Waals surface area contributed by atoms with Crippen molar-refractivity contribution in [3.05, 3.63) is 41.2 Å². The van der Waals surface area contributed by atoms with E-state index in [-0.39, 0.29) is 17.6 Å². The standard InChI is InChI=1S/C20H24N2O3S/c1-13-4-6-14(7-5-13)22(15-8-9-15)20(24)17-10-11-18(26-17)21-19(23)16-3-2-12-25-16/h2-3,10-15H,4-9H2,1H3,(H,21,23). The SMILES string of the molecule is CC1CCC(N(C(=O)c2ccc(NC(=O)c3ccco3)s2)C2CC2)CC1. The quantitative estimate of drug-likeness (QED) is 0.822. The lowest BCUT2D eigenvalue weighted by Crippen LogP contribution is -2.43. The predicted molar refractivity (Wildman–Crippen MR) is 102 cm³/mol. The van der Waals surface area contributed by atoms with Gasteiger partial charge in [-0.3, -0.25) is 9.59 Å². The van der Waals surface area contributed by atoms with E-state index in [1.54, 1.807) is 18.2 Å². The van der Waals surface area contributed by atoms with E-state index in [1.165, 1.54) is 30.4 Å². The number of anilines is 1. The van der Waals surface area contributed by atoms with Gasteiger partial charge in [0.05, 0.1) is 16.1 Å². The molecule has 2 saturated carbocycles. The Balaban J connectivity index is 1.45. The van der Waals surface area contributed by atoms with E-state index >= 15 is 0 Å². The topological polar surface area (TPSA) is 62.6 Å². The number of furan rings is 1. The monoisotopic (exact) mass is 372 g/mol. The van der Waals surface area contributed by atoms with Crippen molar-refractivity contribution in [1.82, 2.24) is 4.90 Å². The van der Waals surface area contributed by atoms with Gasteiger partial charge in [0.25, 0.3) is 11.8 Å². The van der Waals surface area contributed by atoms with E-state index in [0.717, 1.165) is 31.6 Å². The number of carbonyl (C=O) groups is 2. The van der Waals surface area contributed by atoms with E-state index in [4.69, 9.17) is 4.42 Å². The van der Waals surface area contributed by atoms with Crippen molar-refractivity contribution in [3.8, 4) is 0 Å². The van der Waals surface area contributed by atoms with Gasteiger partial charge in [-0.25, -0.2) is 0 Å². The van der Waals surface area contributed by atoms with Crippen molar-refractivity contribution < 1.29 is 14.0 Å². The molecule has 2 aliphatic rings. The van der Waals surface area contributed by atoms with Gasteiger partial charge in [0.15, 0.2) is 5.76 Å². The highest BCUT2D eigenvalue weighted by Crippen LogP contribution is 2.37. The molecule has 26 heavy (non-hydrogen) atoms. The molecule has 0 bridgehead atoms. The van der Waals surface area contributed by atoms with Crippen LogP contribution in [0.25, 0.3) is 0 Å². The summed E-state index contributed by atoms with van der Waals surface area (Å²) in [5.74, 6) is 0.862. The lowest BCUT2D eigenvalue weighted by Gasteiger charge is -2.36. The van der Waals surface area contributed by atoms with Crippen LogP contribution in [0, 0.1) is 5.92 Å². The summed E-state index contributed by atoms with van der Waals surface area (Å²) >= 11 is 1.34. The molecule has 2 aromatic heterocycles. The average molecular weight is 372 g/mol. The average Bonchev–Trinajstić information content (AvgIpc) is 3.12. The number of hydrogen-bond acceptors (Lipinski definition) is 4. The van der Waals surface area contributed by atoms with Gasteiger partial charge in [0.2, 0.25) is 0 Å². The zero-order chi connectivity index (χ0) is 18.1. The van der Waals surface area contributed by atoms with E-state index in [2.05, 4.69) is 17.1 Å². The third-order valence-corrected chi connectivity index (χ3v) is 6.34. The van der Waals surface area contributed by atoms with Crippen molar-refractivity contribution >= 4 is 28.2 Å². The molecule has 0 aromatic carbocycles. The second-order valence-corrected chi connectivity index (χ2v) is 8.54. The fourth-order valence-corrected chi connectivity index (χ4v) is 4.58. The first-order valence-electron chi connectivity index (χ1n) is 9.39. The van der Waals surface area contributed by atoms with Gasteiger partial charge < -0.3 is 14.6 Å². The normalized spacial score (nSPS) is 22.8. The van der Waals surface area contributed by atoms with Crippen LogP contribution in [0.1, 0.15) is 65.7 Å². The zero-order valence-electron chi connectivity index (χ0n) is 14.9. The van der Waals surface area contributed by atoms with E-state index in [1.807, 2.05) is 6.07 Å². The number of amides is 2. The number of carbonyl (C=O) groups excluding carboxylic acids is 2. The van der Waals surface area contributed by atoms with Crippen LogP contribution >= 0.6 is 11.3 Å². The summed E-state index contributed by atoms with van der Waals surface area (Å²) in [6.07, 6.45) is 8.33. The number of nitrogens with zero attached hydrogens (tertiary/aromatic N) is 1. The Morgan fingerprint density at radius 3 is 2.38 bits per heavy atom. The molecule has 0 saturated heterocycles. The summed E-state index contributed by atoms with van der Waals surface area (Å²) in [7, 11) is 0. The summed E-state index contributed by atoms with van der Waals surface area (Å²) in [6.45, 7) is 2.30. The summed E-state index contributed by atoms with van der Waals surface area (Å²) in [6, 6.07) is 7.70. The zero-order valence-corrected chi connectivity index (χ0v) is 15.8. The molecule has 2 aliphatic carbocycles. The fraction of sp³-hybridized carbons (Fsp3) is 0.500. The lowest BCUT2D eigenvalue weighted by molar-refractivity contribution is 0.0598. The van der Waals surface area contributed by atoms with Gasteiger partial charge in [-0.1, -0.05) is 6.92 Å². The Kier molecular flexibility index (Phi) is 4.85. The molecule has 5 nitrogen and oxygen atoms in total. The Morgan fingerprint density at radius 2 is 1.77 bits per heavy atom. The Bertz CT molecular complexity index is 771. The number of nitrogens with one attached hydrogen (secondary N) is 1. The van der Waals surface area contributed by atoms with E-state index in [9.17, 15) is 9.59 Å². The summed E-state index contributed by atoms with van der Waals surface area (Å²) in [4.78, 5) is 28.1. The maximum atomic E-state index is 13.1. The molecule has 1 N–H and O–H groups in total. The number of rotatable bonds is 5. The molecule has 0 aliphatic heterocycles. The maximum absolute atomic E-state index is 13.1. The Morgan fingerprint density at radius 1 is 1.08 bits per heavy atom. The molecule has 0 unspecified atom stereocenters. The summed E-state index contributed by atoms with van der Waals surface area (Å²) < 4.78 is 5.11. The molecule has 2 fully saturated rings. The fourth-order valence-electron chi connectivity index (χ4n) is 3.73. The van der Waals surface area contributed by atoms with Gasteiger partial charge in [0.1, 0.15) is 0 Å². The first-order valence-corrected chi connectivity index (χ1v) is 10.2. The van der Waals surface area contributed by atoms with E-state index in [0.29, 0.717) is 22.0 Å². The van der Waals surface area contributed by atoms with E-state index < -0.39 is 0 Å². The van der Waals surface area contributed by atoms with Gasteiger partial charge in [-0.15, -0.1) is 11.3 Å². The molecule has 2 heterocycles. The summed E-state index contributed by atoms with van der Waals surface area (Å²) in [5, 5.41) is 3.47. The molecular weight excluding hydrogens is 348 g/mol. The van der Waals surface area contributed by atoms with Gasteiger partial charge in [-0.05, 0) is 68.7 Å². The van der Waals surface area contributed by atoms with Crippen LogP contribution in [-0.4, -0.2) is 28.8 Å². The van der Waals surface area contributed by atoms with Crippen LogP contribution in [-0.2, 0) is 0 Å². The molecule has 4 rings (SSSR count). The molecule has 2 aromatic rings. The predicted octanol–water partition coefficient (Wildman–Crippen LogP) is 4.78. The minimum atomic E-state index is -0.295. The smallest absolute Gasteiger partial charge is 0.291 e. The highest BCUT2D eigenvalue weighted by Gasteiger charge is 2.39. The van der Waals surface area contributed by atoms with Crippen molar-refractivity contribution in [2.24, 2.45) is 5.92 Å². The largest absolute Gasteiger partial charge is 0.459 e. The van der Waals surface area contributed by atoms with Gasteiger partial charge in [-0.2, -0.15) is 0 Å². The molecule has 0 spiro atoms. The molecule has 0 atom stereocenters. The Labute approximate surface area is 157 Å². The van der Waals surface area contributed by atoms with Crippen molar-refractivity contribution in [3.63, 3.8) is 0 Å². The molecule has 6 heteroatoms. The van der Waals surface area contributed by atoms with Crippen molar-refractivity contribution in [2.75, 3.05) is 5.32 Å². The molecule has 0 radical (unpaired) electrons. The van der Waals surface area contributed by atoms with Crippen LogP contribution in [0.3, 0.4) is 0 Å². The third kappa shape index (κ3) is 3.70. The Hall–Kier alpha value is -2.08. The van der Waals surface area contributed by atoms with Crippen LogP contribution in [0.15, 0.2) is 34.9 Å². The summed E-state index contributed by atoms with van der Waals surface area (Å²) in [5.41, 5.74) is 0. The minimum Gasteiger partial charge on any atom is -0.459 e. The first kappa shape index (κ1) is 17.3. The molecule has 138 valence electrons. The second-order valence-electron chi connectivity index (χ2n) is 7.45. The highest BCUT2D eigenvalue weighted by atomic mass is 32.1. The number of thiophene rings is 1. The minimum absolute atomic E-state index is 0.121. The van der Waals surface area contributed by atoms with Gasteiger partial charge in [0, 0.05) is 12.1 Å². The van der Waals surface area contributed by atoms with Crippen molar-refractivity contribution in [1.29, 1.82) is 0 Å².